The summed E-state index contributed by atoms with van der Waals surface area (Å²) < 4.78 is 5.19. The average molecular weight is 392 g/mol. The number of thiophene rings is 2. The van der Waals surface area contributed by atoms with Crippen LogP contribution in [0.5, 0.6) is 5.75 Å². The molecule has 25 heavy (non-hydrogen) atoms. The molecule has 0 saturated carbocycles. The van der Waals surface area contributed by atoms with E-state index in [-0.39, 0.29) is 11.7 Å². The van der Waals surface area contributed by atoms with Crippen LogP contribution in [0.4, 0.5) is 0 Å². The van der Waals surface area contributed by atoms with Crippen LogP contribution in [0, 0.1) is 0 Å². The molecule has 0 saturated heterocycles. The largest absolute Gasteiger partial charge is 0.496 e. The number of halogens is 1. The summed E-state index contributed by atoms with van der Waals surface area (Å²) in [6.07, 6.45) is 0. The van der Waals surface area contributed by atoms with Gasteiger partial charge in [0.25, 0.3) is 5.91 Å². The second-order valence-electron chi connectivity index (χ2n) is 5.13. The second kappa shape index (κ2) is 7.82. The molecule has 0 radical (unpaired) electrons. The molecule has 0 aliphatic carbocycles. The van der Waals surface area contributed by atoms with Crippen molar-refractivity contribution in [3.63, 3.8) is 0 Å². The van der Waals surface area contributed by atoms with Crippen LogP contribution in [-0.4, -0.2) is 18.8 Å². The molecule has 7 heteroatoms. The van der Waals surface area contributed by atoms with Crippen LogP contribution in [0.1, 0.15) is 30.5 Å². The maximum absolute atomic E-state index is 12.4. The van der Waals surface area contributed by atoms with Gasteiger partial charge in [-0.3, -0.25) is 9.59 Å². The molecule has 1 aromatic carbocycles. The van der Waals surface area contributed by atoms with Gasteiger partial charge in [-0.15, -0.1) is 11.3 Å². The van der Waals surface area contributed by atoms with Gasteiger partial charge in [0.15, 0.2) is 0 Å². The number of nitrogens with one attached hydrogen (secondary N) is 1. The van der Waals surface area contributed by atoms with Crippen molar-refractivity contribution >= 4 is 46.0 Å². The van der Waals surface area contributed by atoms with Crippen molar-refractivity contribution in [1.29, 1.82) is 0 Å². The van der Waals surface area contributed by atoms with Crippen molar-refractivity contribution in [1.82, 2.24) is 5.32 Å². The quantitative estimate of drug-likeness (QED) is 0.623. The van der Waals surface area contributed by atoms with Crippen molar-refractivity contribution in [3.05, 3.63) is 73.1 Å². The van der Waals surface area contributed by atoms with Gasteiger partial charge in [0.2, 0.25) is 5.78 Å². The van der Waals surface area contributed by atoms with Crippen molar-refractivity contribution < 1.29 is 14.3 Å². The number of rotatable bonds is 6. The van der Waals surface area contributed by atoms with Gasteiger partial charge in [-0.2, -0.15) is 11.3 Å². The monoisotopic (exact) mass is 391 g/mol. The van der Waals surface area contributed by atoms with Crippen molar-refractivity contribution in [3.8, 4) is 5.75 Å². The van der Waals surface area contributed by atoms with Crippen LogP contribution in [0.15, 0.2) is 47.2 Å². The van der Waals surface area contributed by atoms with E-state index in [9.17, 15) is 9.59 Å². The van der Waals surface area contributed by atoms with E-state index in [4.69, 9.17) is 16.3 Å². The van der Waals surface area contributed by atoms with Gasteiger partial charge in [-0.05, 0) is 41.8 Å². The van der Waals surface area contributed by atoms with E-state index in [1.54, 1.807) is 30.3 Å². The summed E-state index contributed by atoms with van der Waals surface area (Å²) in [4.78, 5) is 26.2. The van der Waals surface area contributed by atoms with Crippen molar-refractivity contribution in [2.45, 2.75) is 6.54 Å². The number of ether oxygens (including phenoxy) is 1. The third kappa shape index (κ3) is 4.10. The summed E-state index contributed by atoms with van der Waals surface area (Å²) in [7, 11) is 1.50. The zero-order chi connectivity index (χ0) is 17.8. The summed E-state index contributed by atoms with van der Waals surface area (Å²) in [5.41, 5.74) is 1.06. The number of methoxy groups -OCH3 is 1. The number of carbonyl (C=O) groups excluding carboxylic acids is 2. The number of ketones is 1. The van der Waals surface area contributed by atoms with Gasteiger partial charge in [0.05, 0.1) is 24.1 Å². The Morgan fingerprint density at radius 2 is 2.04 bits per heavy atom. The Morgan fingerprint density at radius 3 is 2.76 bits per heavy atom. The fourth-order valence-corrected chi connectivity index (χ4v) is 3.97. The van der Waals surface area contributed by atoms with E-state index < -0.39 is 0 Å². The van der Waals surface area contributed by atoms with Gasteiger partial charge < -0.3 is 10.1 Å². The molecule has 4 nitrogen and oxygen atoms in total. The standard InChI is InChI=1S/C18H14ClNO3S2/c1-23-15-4-2-12(19)8-14(15)18(22)20-9-13-3-5-16(25-13)17(21)11-6-7-24-10-11/h2-8,10H,9H2,1H3,(H,20,22). The third-order valence-electron chi connectivity index (χ3n) is 3.50. The molecular formula is C18H14ClNO3S2. The Kier molecular flexibility index (Phi) is 5.53. The molecular weight excluding hydrogens is 378 g/mol. The maximum Gasteiger partial charge on any atom is 0.255 e. The van der Waals surface area contributed by atoms with Crippen LogP contribution in [0.3, 0.4) is 0 Å². The predicted molar refractivity (Wildman–Crippen MR) is 101 cm³/mol. The highest BCUT2D eigenvalue weighted by atomic mass is 35.5. The van der Waals surface area contributed by atoms with Crippen LogP contribution >= 0.6 is 34.3 Å². The molecule has 2 aromatic heterocycles. The summed E-state index contributed by atoms with van der Waals surface area (Å²) in [5.74, 6) is 0.181. The first kappa shape index (κ1) is 17.7. The highest BCUT2D eigenvalue weighted by Crippen LogP contribution is 2.24. The van der Waals surface area contributed by atoms with Gasteiger partial charge in [0, 0.05) is 20.8 Å². The maximum atomic E-state index is 12.4. The van der Waals surface area contributed by atoms with Gasteiger partial charge >= 0.3 is 0 Å². The van der Waals surface area contributed by atoms with Crippen molar-refractivity contribution in [2.75, 3.05) is 7.11 Å². The first-order chi connectivity index (χ1) is 12.1. The molecule has 0 spiro atoms. The molecule has 2 heterocycles. The molecule has 0 bridgehead atoms. The Hall–Kier alpha value is -2.15. The van der Waals surface area contributed by atoms with E-state index in [1.165, 1.54) is 29.8 Å². The lowest BCUT2D eigenvalue weighted by atomic mass is 10.2. The summed E-state index contributed by atoms with van der Waals surface area (Å²) in [6.45, 7) is 0.329. The first-order valence-electron chi connectivity index (χ1n) is 7.36. The van der Waals surface area contributed by atoms with Gasteiger partial charge in [-0.1, -0.05) is 11.6 Å². The van der Waals surface area contributed by atoms with E-state index in [0.29, 0.717) is 33.3 Å². The number of hydrogen-bond acceptors (Lipinski definition) is 5. The fourth-order valence-electron chi connectivity index (χ4n) is 2.25. The number of hydrogen-bond donors (Lipinski definition) is 1. The SMILES string of the molecule is COc1ccc(Cl)cc1C(=O)NCc1ccc(C(=O)c2ccsc2)s1. The summed E-state index contributed by atoms with van der Waals surface area (Å²) in [5, 5.41) is 7.00. The van der Waals surface area contributed by atoms with E-state index in [2.05, 4.69) is 5.32 Å². The molecule has 0 unspecified atom stereocenters. The molecule has 0 atom stereocenters. The summed E-state index contributed by atoms with van der Waals surface area (Å²) in [6, 6.07) is 10.3. The zero-order valence-electron chi connectivity index (χ0n) is 13.2. The van der Waals surface area contributed by atoms with Gasteiger partial charge in [0.1, 0.15) is 5.75 Å². The fraction of sp³-hybridized carbons (Fsp3) is 0.111. The Labute approximate surface area is 158 Å². The third-order valence-corrected chi connectivity index (χ3v) is 5.50. The number of carbonyl (C=O) groups is 2. The zero-order valence-corrected chi connectivity index (χ0v) is 15.6. The number of amides is 1. The normalized spacial score (nSPS) is 10.5. The topological polar surface area (TPSA) is 55.4 Å². The minimum Gasteiger partial charge on any atom is -0.496 e. The van der Waals surface area contributed by atoms with Crippen LogP contribution < -0.4 is 10.1 Å². The first-order valence-corrected chi connectivity index (χ1v) is 9.49. The van der Waals surface area contributed by atoms with Crippen LogP contribution in [0.25, 0.3) is 0 Å². The lowest BCUT2D eigenvalue weighted by Gasteiger charge is -2.09. The van der Waals surface area contributed by atoms with Crippen molar-refractivity contribution in [2.24, 2.45) is 0 Å². The highest BCUT2D eigenvalue weighted by Gasteiger charge is 2.15. The highest BCUT2D eigenvalue weighted by molar-refractivity contribution is 7.14. The minimum atomic E-state index is -0.279. The average Bonchev–Trinajstić information content (AvgIpc) is 3.31. The lowest BCUT2D eigenvalue weighted by molar-refractivity contribution is 0.0947. The molecule has 0 aliphatic rings. The Bertz CT molecular complexity index is 903. The second-order valence-corrected chi connectivity index (χ2v) is 7.52. The minimum absolute atomic E-state index is 0.000312. The van der Waals surface area contributed by atoms with E-state index in [0.717, 1.165) is 4.88 Å². The lowest BCUT2D eigenvalue weighted by Crippen LogP contribution is -2.22. The van der Waals surface area contributed by atoms with Crippen LogP contribution in [0.2, 0.25) is 5.02 Å². The Morgan fingerprint density at radius 1 is 1.20 bits per heavy atom. The molecule has 3 rings (SSSR count). The number of benzene rings is 1. The van der Waals surface area contributed by atoms with E-state index in [1.807, 2.05) is 16.8 Å². The van der Waals surface area contributed by atoms with E-state index >= 15 is 0 Å². The predicted octanol–water partition coefficient (Wildman–Crippen LogP) is 4.63. The molecule has 0 fully saturated rings. The van der Waals surface area contributed by atoms with Crippen LogP contribution in [-0.2, 0) is 6.54 Å². The summed E-state index contributed by atoms with van der Waals surface area (Å²) >= 11 is 8.81. The smallest absolute Gasteiger partial charge is 0.255 e. The molecule has 3 aromatic rings. The molecule has 128 valence electrons. The molecule has 0 aliphatic heterocycles. The molecule has 1 N–H and O–H groups in total. The molecule has 1 amide bonds. The van der Waals surface area contributed by atoms with Gasteiger partial charge in [-0.25, -0.2) is 0 Å². The Balaban J connectivity index is 1.67.